The number of guanidine groups is 1. The van der Waals surface area contributed by atoms with Gasteiger partial charge in [-0.1, -0.05) is 26.7 Å². The summed E-state index contributed by atoms with van der Waals surface area (Å²) in [6.45, 7) is 9.12. The lowest BCUT2D eigenvalue weighted by Gasteiger charge is -2.30. The Hall–Kier alpha value is -1.49. The van der Waals surface area contributed by atoms with Crippen molar-refractivity contribution in [2.24, 2.45) is 10.9 Å². The van der Waals surface area contributed by atoms with Crippen LogP contribution in [0.4, 0.5) is 0 Å². The molecule has 1 aromatic heterocycles. The average molecular weight is 322 g/mol. The van der Waals surface area contributed by atoms with Gasteiger partial charge in [0.25, 0.3) is 0 Å². The Morgan fingerprint density at radius 2 is 1.96 bits per heavy atom. The van der Waals surface area contributed by atoms with E-state index in [9.17, 15) is 0 Å². The molecule has 0 bridgehead atoms. The largest absolute Gasteiger partial charge is 0.469 e. The highest BCUT2D eigenvalue weighted by Gasteiger charge is 2.20. The van der Waals surface area contributed by atoms with Crippen LogP contribution < -0.4 is 10.6 Å². The molecule has 0 saturated carbocycles. The SMILES string of the molecule is CCNC(=NCC(C(CC)CC)N(C)C)NCCc1ccco1. The molecule has 0 aliphatic heterocycles. The number of likely N-dealkylation sites (N-methyl/N-ethyl adjacent to an activating group) is 1. The first kappa shape index (κ1) is 19.6. The Morgan fingerprint density at radius 3 is 2.48 bits per heavy atom. The average Bonchev–Trinajstić information content (AvgIpc) is 3.04. The smallest absolute Gasteiger partial charge is 0.191 e. The van der Waals surface area contributed by atoms with Crippen molar-refractivity contribution in [3.8, 4) is 0 Å². The van der Waals surface area contributed by atoms with Crippen molar-refractivity contribution in [3.05, 3.63) is 24.2 Å². The topological polar surface area (TPSA) is 52.8 Å². The zero-order valence-electron chi connectivity index (χ0n) is 15.4. The number of aliphatic imine (C=N–C) groups is 1. The molecular weight excluding hydrogens is 288 g/mol. The number of hydrogen-bond acceptors (Lipinski definition) is 3. The fraction of sp³-hybridized carbons (Fsp3) is 0.722. The lowest BCUT2D eigenvalue weighted by Crippen LogP contribution is -2.42. The fourth-order valence-corrected chi connectivity index (χ4v) is 2.85. The van der Waals surface area contributed by atoms with E-state index in [0.717, 1.165) is 37.8 Å². The third-order valence-electron chi connectivity index (χ3n) is 4.28. The molecule has 1 aromatic rings. The van der Waals surface area contributed by atoms with E-state index >= 15 is 0 Å². The van der Waals surface area contributed by atoms with Crippen LogP contribution in [-0.2, 0) is 6.42 Å². The van der Waals surface area contributed by atoms with Gasteiger partial charge < -0.3 is 20.0 Å². The lowest BCUT2D eigenvalue weighted by atomic mass is 9.93. The van der Waals surface area contributed by atoms with Crippen molar-refractivity contribution in [2.75, 3.05) is 33.7 Å². The molecule has 1 atom stereocenters. The summed E-state index contributed by atoms with van der Waals surface area (Å²) in [4.78, 5) is 7.09. The monoisotopic (exact) mass is 322 g/mol. The summed E-state index contributed by atoms with van der Waals surface area (Å²) in [5, 5.41) is 6.71. The normalized spacial score (nSPS) is 13.6. The van der Waals surface area contributed by atoms with Crippen molar-refractivity contribution < 1.29 is 4.42 Å². The quantitative estimate of drug-likeness (QED) is 0.514. The molecule has 1 rings (SSSR count). The second-order valence-electron chi connectivity index (χ2n) is 6.08. The van der Waals surface area contributed by atoms with E-state index in [1.165, 1.54) is 12.8 Å². The molecule has 0 aromatic carbocycles. The Kier molecular flexibility index (Phi) is 9.45. The molecule has 23 heavy (non-hydrogen) atoms. The standard InChI is InChI=1S/C18H34N4O/c1-6-15(7-2)17(22(4)5)14-21-18(19-8-3)20-12-11-16-10-9-13-23-16/h9-10,13,15,17H,6-8,11-12,14H2,1-5H3,(H2,19,20,21). The maximum Gasteiger partial charge on any atom is 0.191 e. The van der Waals surface area contributed by atoms with Crippen molar-refractivity contribution in [2.45, 2.75) is 46.1 Å². The fourth-order valence-electron chi connectivity index (χ4n) is 2.85. The van der Waals surface area contributed by atoms with E-state index in [1.807, 2.05) is 12.1 Å². The van der Waals surface area contributed by atoms with Crippen LogP contribution in [-0.4, -0.2) is 50.6 Å². The minimum absolute atomic E-state index is 0.477. The molecule has 2 N–H and O–H groups in total. The van der Waals surface area contributed by atoms with Gasteiger partial charge >= 0.3 is 0 Å². The van der Waals surface area contributed by atoms with E-state index in [-0.39, 0.29) is 0 Å². The Morgan fingerprint density at radius 1 is 1.22 bits per heavy atom. The van der Waals surface area contributed by atoms with Gasteiger partial charge in [-0.2, -0.15) is 0 Å². The first-order chi connectivity index (χ1) is 11.1. The zero-order valence-corrected chi connectivity index (χ0v) is 15.4. The predicted molar refractivity (Wildman–Crippen MR) is 97.9 cm³/mol. The van der Waals surface area contributed by atoms with E-state index in [1.54, 1.807) is 6.26 Å². The molecule has 0 radical (unpaired) electrons. The Bertz CT molecular complexity index is 424. The van der Waals surface area contributed by atoms with E-state index in [0.29, 0.717) is 12.0 Å². The van der Waals surface area contributed by atoms with Crippen LogP contribution >= 0.6 is 0 Å². The van der Waals surface area contributed by atoms with Crippen molar-refractivity contribution in [1.29, 1.82) is 0 Å². The van der Waals surface area contributed by atoms with Crippen LogP contribution in [0.2, 0.25) is 0 Å². The molecule has 0 amide bonds. The van der Waals surface area contributed by atoms with Gasteiger partial charge in [-0.3, -0.25) is 4.99 Å². The number of furan rings is 1. The van der Waals surface area contributed by atoms with Gasteiger partial charge in [0, 0.05) is 25.6 Å². The zero-order chi connectivity index (χ0) is 17.1. The Balaban J connectivity index is 2.57. The summed E-state index contributed by atoms with van der Waals surface area (Å²) in [6.07, 6.45) is 4.96. The molecule has 1 unspecified atom stereocenters. The summed E-state index contributed by atoms with van der Waals surface area (Å²) in [6, 6.07) is 4.40. The predicted octanol–water partition coefficient (Wildman–Crippen LogP) is 2.74. The minimum Gasteiger partial charge on any atom is -0.469 e. The highest BCUT2D eigenvalue weighted by molar-refractivity contribution is 5.79. The molecular formula is C18H34N4O. The molecule has 132 valence electrons. The van der Waals surface area contributed by atoms with Crippen LogP contribution in [0.1, 0.15) is 39.4 Å². The molecule has 5 heteroatoms. The van der Waals surface area contributed by atoms with Gasteiger partial charge in [0.2, 0.25) is 0 Å². The second-order valence-corrected chi connectivity index (χ2v) is 6.08. The number of nitrogens with zero attached hydrogens (tertiary/aromatic N) is 2. The summed E-state index contributed by atoms with van der Waals surface area (Å²) < 4.78 is 5.36. The molecule has 1 heterocycles. The van der Waals surface area contributed by atoms with Crippen molar-refractivity contribution >= 4 is 5.96 Å². The maximum atomic E-state index is 5.36. The maximum absolute atomic E-state index is 5.36. The van der Waals surface area contributed by atoms with Crippen LogP contribution in [0.5, 0.6) is 0 Å². The lowest BCUT2D eigenvalue weighted by molar-refractivity contribution is 0.206. The summed E-state index contributed by atoms with van der Waals surface area (Å²) >= 11 is 0. The summed E-state index contributed by atoms with van der Waals surface area (Å²) in [5.41, 5.74) is 0. The van der Waals surface area contributed by atoms with Crippen LogP contribution in [0, 0.1) is 5.92 Å². The molecule has 0 aliphatic carbocycles. The molecule has 0 aliphatic rings. The van der Waals surface area contributed by atoms with E-state index < -0.39 is 0 Å². The van der Waals surface area contributed by atoms with Gasteiger partial charge in [0.15, 0.2) is 5.96 Å². The number of rotatable bonds is 10. The van der Waals surface area contributed by atoms with E-state index in [4.69, 9.17) is 9.41 Å². The first-order valence-electron chi connectivity index (χ1n) is 8.83. The van der Waals surface area contributed by atoms with Crippen molar-refractivity contribution in [3.63, 3.8) is 0 Å². The van der Waals surface area contributed by atoms with E-state index in [2.05, 4.69) is 50.4 Å². The third kappa shape index (κ3) is 7.08. The highest BCUT2D eigenvalue weighted by atomic mass is 16.3. The molecule has 0 fully saturated rings. The minimum atomic E-state index is 0.477. The van der Waals surface area contributed by atoms with Crippen LogP contribution in [0.3, 0.4) is 0 Å². The van der Waals surface area contributed by atoms with Gasteiger partial charge in [-0.05, 0) is 39.1 Å². The first-order valence-corrected chi connectivity index (χ1v) is 8.83. The molecule has 0 saturated heterocycles. The van der Waals surface area contributed by atoms with Crippen molar-refractivity contribution in [1.82, 2.24) is 15.5 Å². The van der Waals surface area contributed by atoms with Gasteiger partial charge in [-0.25, -0.2) is 0 Å². The van der Waals surface area contributed by atoms with Gasteiger partial charge in [0.1, 0.15) is 5.76 Å². The Labute approximate surface area is 141 Å². The number of hydrogen-bond donors (Lipinski definition) is 2. The molecule has 5 nitrogen and oxygen atoms in total. The summed E-state index contributed by atoms with van der Waals surface area (Å²) in [5.74, 6) is 2.56. The molecule has 0 spiro atoms. The third-order valence-corrected chi connectivity index (χ3v) is 4.28. The second kappa shape index (κ2) is 11.1. The van der Waals surface area contributed by atoms with Gasteiger partial charge in [0.05, 0.1) is 12.8 Å². The highest BCUT2D eigenvalue weighted by Crippen LogP contribution is 2.17. The van der Waals surface area contributed by atoms with Gasteiger partial charge in [-0.15, -0.1) is 0 Å². The summed E-state index contributed by atoms with van der Waals surface area (Å²) in [7, 11) is 4.30. The number of nitrogens with one attached hydrogen (secondary N) is 2. The van der Waals surface area contributed by atoms with Crippen LogP contribution in [0.25, 0.3) is 0 Å². The van der Waals surface area contributed by atoms with Crippen LogP contribution in [0.15, 0.2) is 27.8 Å².